The molecule has 0 bridgehead atoms. The Morgan fingerprint density at radius 3 is 2.50 bits per heavy atom. The number of anilines is 1. The monoisotopic (exact) mass is 290 g/mol. The molecule has 1 aliphatic rings. The summed E-state index contributed by atoms with van der Waals surface area (Å²) in [4.78, 5) is 10.2. The van der Waals surface area contributed by atoms with Crippen LogP contribution in [0.2, 0.25) is 5.02 Å². The van der Waals surface area contributed by atoms with Crippen molar-refractivity contribution in [3.8, 4) is 0 Å². The molecule has 2 heterocycles. The van der Waals surface area contributed by atoms with E-state index in [4.69, 9.17) is 11.6 Å². The minimum absolute atomic E-state index is 0.323. The molecule has 6 nitrogen and oxygen atoms in total. The number of nitrogens with zero attached hydrogens (tertiary/aromatic N) is 4. The Hall–Kier alpha value is -0.920. The van der Waals surface area contributed by atoms with Crippen LogP contribution in [0.5, 0.6) is 0 Å². The smallest absolute Gasteiger partial charge is 0.225 e. The maximum atomic E-state index is 11.3. The topological polar surface area (TPSA) is 66.4 Å². The SMILES string of the molecule is CN(CC1CN(c2ncc(Cl)cn2)C1)S(C)(=O)=O. The van der Waals surface area contributed by atoms with E-state index in [0.717, 1.165) is 13.1 Å². The Labute approximate surface area is 112 Å². The van der Waals surface area contributed by atoms with E-state index in [1.807, 2.05) is 4.90 Å². The first-order valence-electron chi connectivity index (χ1n) is 5.50. The molecule has 18 heavy (non-hydrogen) atoms. The van der Waals surface area contributed by atoms with Crippen molar-refractivity contribution < 1.29 is 8.42 Å². The van der Waals surface area contributed by atoms with Crippen molar-refractivity contribution in [2.24, 2.45) is 5.92 Å². The molecular weight excluding hydrogens is 276 g/mol. The van der Waals surface area contributed by atoms with Crippen LogP contribution in [-0.4, -0.2) is 55.6 Å². The van der Waals surface area contributed by atoms with Gasteiger partial charge in [0.15, 0.2) is 0 Å². The summed E-state index contributed by atoms with van der Waals surface area (Å²) in [5.41, 5.74) is 0. The summed E-state index contributed by atoms with van der Waals surface area (Å²) >= 11 is 5.71. The summed E-state index contributed by atoms with van der Waals surface area (Å²) < 4.78 is 23.9. The van der Waals surface area contributed by atoms with Crippen molar-refractivity contribution >= 4 is 27.6 Å². The molecule has 8 heteroatoms. The molecule has 0 atom stereocenters. The minimum Gasteiger partial charge on any atom is -0.340 e. The van der Waals surface area contributed by atoms with Crippen LogP contribution in [-0.2, 0) is 10.0 Å². The highest BCUT2D eigenvalue weighted by Gasteiger charge is 2.31. The summed E-state index contributed by atoms with van der Waals surface area (Å²) in [6.45, 7) is 2.06. The number of hydrogen-bond donors (Lipinski definition) is 0. The van der Waals surface area contributed by atoms with Gasteiger partial charge in [0.2, 0.25) is 16.0 Å². The maximum Gasteiger partial charge on any atom is 0.225 e. The average molecular weight is 291 g/mol. The van der Waals surface area contributed by atoms with Gasteiger partial charge in [-0.05, 0) is 0 Å². The van der Waals surface area contributed by atoms with Gasteiger partial charge in [-0.2, -0.15) is 0 Å². The second kappa shape index (κ2) is 4.99. The molecule has 0 N–H and O–H groups in total. The maximum absolute atomic E-state index is 11.3. The summed E-state index contributed by atoms with van der Waals surface area (Å²) in [6, 6.07) is 0. The molecule has 0 unspecified atom stereocenters. The summed E-state index contributed by atoms with van der Waals surface area (Å²) in [5.74, 6) is 0.960. The van der Waals surface area contributed by atoms with Crippen LogP contribution in [0.25, 0.3) is 0 Å². The van der Waals surface area contributed by atoms with E-state index in [-0.39, 0.29) is 0 Å². The number of aromatic nitrogens is 2. The quantitative estimate of drug-likeness (QED) is 0.806. The molecule has 0 amide bonds. The van der Waals surface area contributed by atoms with Crippen molar-refractivity contribution in [3.05, 3.63) is 17.4 Å². The van der Waals surface area contributed by atoms with Gasteiger partial charge in [0.1, 0.15) is 0 Å². The second-order valence-electron chi connectivity index (χ2n) is 4.52. The molecule has 2 rings (SSSR count). The lowest BCUT2D eigenvalue weighted by Gasteiger charge is -2.40. The first kappa shape index (κ1) is 13.5. The molecule has 1 saturated heterocycles. The average Bonchev–Trinajstić information content (AvgIpc) is 2.23. The fourth-order valence-corrected chi connectivity index (χ4v) is 2.40. The van der Waals surface area contributed by atoms with Crippen molar-refractivity contribution in [2.45, 2.75) is 0 Å². The first-order valence-corrected chi connectivity index (χ1v) is 7.72. The lowest BCUT2D eigenvalue weighted by molar-refractivity contribution is 0.325. The predicted octanol–water partition coefficient (Wildman–Crippen LogP) is 0.458. The summed E-state index contributed by atoms with van der Waals surface area (Å²) in [7, 11) is -1.50. The van der Waals surface area contributed by atoms with Crippen molar-refractivity contribution in [3.63, 3.8) is 0 Å². The van der Waals surface area contributed by atoms with Gasteiger partial charge in [0.05, 0.1) is 23.7 Å². The van der Waals surface area contributed by atoms with Crippen LogP contribution in [0.1, 0.15) is 0 Å². The Morgan fingerprint density at radius 1 is 1.44 bits per heavy atom. The van der Waals surface area contributed by atoms with Gasteiger partial charge < -0.3 is 4.90 Å². The van der Waals surface area contributed by atoms with Crippen molar-refractivity contribution in [2.75, 3.05) is 37.8 Å². The second-order valence-corrected chi connectivity index (χ2v) is 7.04. The predicted molar refractivity (Wildman–Crippen MR) is 70.2 cm³/mol. The van der Waals surface area contributed by atoms with E-state index >= 15 is 0 Å². The molecule has 0 spiro atoms. The third-order valence-corrected chi connectivity index (χ3v) is 4.40. The van der Waals surface area contributed by atoms with E-state index in [1.54, 1.807) is 19.4 Å². The van der Waals surface area contributed by atoms with Crippen LogP contribution < -0.4 is 4.90 Å². The zero-order valence-corrected chi connectivity index (χ0v) is 11.8. The molecule has 1 fully saturated rings. The molecule has 0 saturated carbocycles. The molecule has 0 radical (unpaired) electrons. The van der Waals surface area contributed by atoms with Crippen LogP contribution in [0, 0.1) is 5.92 Å². The van der Waals surface area contributed by atoms with E-state index in [2.05, 4.69) is 9.97 Å². The third-order valence-electron chi connectivity index (χ3n) is 2.93. The molecule has 100 valence electrons. The number of sulfonamides is 1. The lowest BCUT2D eigenvalue weighted by Crippen LogP contribution is -2.52. The number of halogens is 1. The highest BCUT2D eigenvalue weighted by Crippen LogP contribution is 2.22. The Bertz CT molecular complexity index is 513. The highest BCUT2D eigenvalue weighted by atomic mass is 35.5. The van der Waals surface area contributed by atoms with E-state index in [9.17, 15) is 8.42 Å². The van der Waals surface area contributed by atoms with Crippen LogP contribution >= 0.6 is 11.6 Å². The molecule has 1 aromatic rings. The van der Waals surface area contributed by atoms with Crippen molar-refractivity contribution in [1.29, 1.82) is 0 Å². The molecule has 1 aromatic heterocycles. The third kappa shape index (κ3) is 3.09. The molecular formula is C10H15ClN4O2S. The van der Waals surface area contributed by atoms with Gasteiger partial charge in [0.25, 0.3) is 0 Å². The summed E-state index contributed by atoms with van der Waals surface area (Å²) in [5, 5.41) is 0.507. The molecule has 0 aromatic carbocycles. The Morgan fingerprint density at radius 2 is 2.00 bits per heavy atom. The first-order chi connectivity index (χ1) is 8.36. The van der Waals surface area contributed by atoms with Gasteiger partial charge >= 0.3 is 0 Å². The van der Waals surface area contributed by atoms with Crippen LogP contribution in [0.15, 0.2) is 12.4 Å². The zero-order valence-electron chi connectivity index (χ0n) is 10.2. The van der Waals surface area contributed by atoms with Gasteiger partial charge in [-0.1, -0.05) is 11.6 Å². The Kier molecular flexibility index (Phi) is 3.74. The largest absolute Gasteiger partial charge is 0.340 e. The summed E-state index contributed by atoms with van der Waals surface area (Å²) in [6.07, 6.45) is 4.32. The Balaban J connectivity index is 1.86. The molecule has 1 aliphatic heterocycles. The van der Waals surface area contributed by atoms with Crippen LogP contribution in [0.4, 0.5) is 5.95 Å². The fourth-order valence-electron chi connectivity index (χ4n) is 1.82. The highest BCUT2D eigenvalue weighted by molar-refractivity contribution is 7.88. The number of hydrogen-bond acceptors (Lipinski definition) is 5. The van der Waals surface area contributed by atoms with E-state index in [1.165, 1.54) is 10.6 Å². The van der Waals surface area contributed by atoms with E-state index in [0.29, 0.717) is 23.4 Å². The van der Waals surface area contributed by atoms with Gasteiger partial charge in [-0.3, -0.25) is 0 Å². The zero-order chi connectivity index (χ0) is 13.3. The molecule has 0 aliphatic carbocycles. The van der Waals surface area contributed by atoms with Gasteiger partial charge in [-0.25, -0.2) is 22.7 Å². The standard InChI is InChI=1S/C10H15ClN4O2S/c1-14(18(2,16)17)5-8-6-15(7-8)10-12-3-9(11)4-13-10/h3-4,8H,5-7H2,1-2H3. The normalized spacial score (nSPS) is 17.0. The van der Waals surface area contributed by atoms with E-state index < -0.39 is 10.0 Å². The number of rotatable bonds is 4. The van der Waals surface area contributed by atoms with Crippen LogP contribution in [0.3, 0.4) is 0 Å². The van der Waals surface area contributed by atoms with Gasteiger partial charge in [0, 0.05) is 32.6 Å². The van der Waals surface area contributed by atoms with Crippen molar-refractivity contribution in [1.82, 2.24) is 14.3 Å². The van der Waals surface area contributed by atoms with Gasteiger partial charge in [-0.15, -0.1) is 0 Å². The fraction of sp³-hybridized carbons (Fsp3) is 0.600. The minimum atomic E-state index is -3.10. The lowest BCUT2D eigenvalue weighted by atomic mass is 10.0.